The summed E-state index contributed by atoms with van der Waals surface area (Å²) in [5, 5.41) is 0. The molecule has 1 aliphatic rings. The molecule has 3 rings (SSSR count). The van der Waals surface area contributed by atoms with Gasteiger partial charge in [-0.05, 0) is 69.4 Å². The summed E-state index contributed by atoms with van der Waals surface area (Å²) in [6.07, 6.45) is 1.17. The largest absolute Gasteiger partial charge is 0.483 e. The van der Waals surface area contributed by atoms with E-state index in [1.54, 1.807) is 24.0 Å². The number of carbonyl (C=O) groups is 1. The normalized spacial score (nSPS) is 15.3. The average Bonchev–Trinajstić information content (AvgIpc) is 2.69. The third kappa shape index (κ3) is 5.21. The molecule has 162 valence electrons. The minimum atomic E-state index is -3.58. The summed E-state index contributed by atoms with van der Waals surface area (Å²) in [4.78, 5) is 14.6. The molecule has 1 saturated heterocycles. The van der Waals surface area contributed by atoms with E-state index >= 15 is 0 Å². The molecule has 6 nitrogen and oxygen atoms in total. The van der Waals surface area contributed by atoms with Gasteiger partial charge in [0.15, 0.2) is 6.61 Å². The van der Waals surface area contributed by atoms with Crippen LogP contribution in [0.25, 0.3) is 0 Å². The van der Waals surface area contributed by atoms with Crippen LogP contribution < -0.4 is 9.46 Å². The van der Waals surface area contributed by atoms with Crippen LogP contribution in [0.4, 0.5) is 0 Å². The topological polar surface area (TPSA) is 75.7 Å². The van der Waals surface area contributed by atoms with Gasteiger partial charge >= 0.3 is 0 Å². The second-order valence-corrected chi connectivity index (χ2v) is 9.71. The highest BCUT2D eigenvalue weighted by molar-refractivity contribution is 7.89. The van der Waals surface area contributed by atoms with Crippen LogP contribution in [0, 0.1) is 27.7 Å². The Morgan fingerprint density at radius 3 is 2.43 bits per heavy atom. The van der Waals surface area contributed by atoms with E-state index in [0.29, 0.717) is 30.8 Å². The fraction of sp³-hybridized carbons (Fsp3) is 0.435. The number of hydrogen-bond acceptors (Lipinski definition) is 4. The lowest BCUT2D eigenvalue weighted by Gasteiger charge is -2.32. The molecule has 1 amide bonds. The Bertz CT molecular complexity index is 1030. The number of likely N-dealkylation sites (tertiary alicyclic amines) is 1. The maximum atomic E-state index is 12.8. The standard InChI is InChI=1S/C23H30N2O4S/c1-16-8-9-22(18(3)14-16)30(27,28)24-20-10-12-25(13-11-20)23(26)15-29-21-7-5-6-17(2)19(21)4/h5-9,14,20,24H,10-13,15H2,1-4H3. The molecular formula is C23H30N2O4S. The predicted molar refractivity (Wildman–Crippen MR) is 117 cm³/mol. The summed E-state index contributed by atoms with van der Waals surface area (Å²) in [5.41, 5.74) is 3.92. The van der Waals surface area contributed by atoms with Crippen molar-refractivity contribution in [3.63, 3.8) is 0 Å². The van der Waals surface area contributed by atoms with Gasteiger partial charge in [-0.15, -0.1) is 0 Å². The molecule has 0 aromatic heterocycles. The Hall–Kier alpha value is -2.38. The quantitative estimate of drug-likeness (QED) is 0.763. The van der Waals surface area contributed by atoms with Crippen LogP contribution in [0.1, 0.15) is 35.1 Å². The van der Waals surface area contributed by atoms with E-state index in [1.165, 1.54) is 0 Å². The van der Waals surface area contributed by atoms with Gasteiger partial charge in [-0.3, -0.25) is 4.79 Å². The molecule has 1 aliphatic heterocycles. The second kappa shape index (κ2) is 9.18. The number of ether oxygens (including phenoxy) is 1. The molecule has 0 aliphatic carbocycles. The Kier molecular flexibility index (Phi) is 6.83. The van der Waals surface area contributed by atoms with Crippen molar-refractivity contribution >= 4 is 15.9 Å². The fourth-order valence-corrected chi connectivity index (χ4v) is 5.27. The molecule has 1 fully saturated rings. The number of aryl methyl sites for hydroxylation is 3. The minimum absolute atomic E-state index is 0.0107. The number of benzene rings is 2. The number of nitrogens with zero attached hydrogens (tertiary/aromatic N) is 1. The van der Waals surface area contributed by atoms with Gasteiger partial charge in [-0.25, -0.2) is 13.1 Å². The summed E-state index contributed by atoms with van der Waals surface area (Å²) in [6.45, 7) is 8.73. The zero-order valence-corrected chi connectivity index (χ0v) is 18.9. The summed E-state index contributed by atoms with van der Waals surface area (Å²) in [6, 6.07) is 10.9. The average molecular weight is 431 g/mol. The molecule has 0 atom stereocenters. The lowest BCUT2D eigenvalue weighted by atomic mass is 10.1. The maximum Gasteiger partial charge on any atom is 0.260 e. The van der Waals surface area contributed by atoms with Crippen molar-refractivity contribution in [2.75, 3.05) is 19.7 Å². The van der Waals surface area contributed by atoms with E-state index in [4.69, 9.17) is 4.74 Å². The highest BCUT2D eigenvalue weighted by Gasteiger charge is 2.27. The molecule has 1 N–H and O–H groups in total. The molecule has 0 spiro atoms. The number of piperidine rings is 1. The van der Waals surface area contributed by atoms with Gasteiger partial charge in [0.1, 0.15) is 5.75 Å². The van der Waals surface area contributed by atoms with Crippen molar-refractivity contribution in [3.05, 3.63) is 58.7 Å². The number of carbonyl (C=O) groups excluding carboxylic acids is 1. The van der Waals surface area contributed by atoms with Gasteiger partial charge in [0.25, 0.3) is 5.91 Å². The monoisotopic (exact) mass is 430 g/mol. The highest BCUT2D eigenvalue weighted by Crippen LogP contribution is 2.22. The number of amides is 1. The number of sulfonamides is 1. The van der Waals surface area contributed by atoms with E-state index in [-0.39, 0.29) is 18.6 Å². The van der Waals surface area contributed by atoms with E-state index in [0.717, 1.165) is 28.0 Å². The van der Waals surface area contributed by atoms with E-state index < -0.39 is 10.0 Å². The Morgan fingerprint density at radius 1 is 1.07 bits per heavy atom. The summed E-state index contributed by atoms with van der Waals surface area (Å²) < 4.78 is 34.0. The van der Waals surface area contributed by atoms with Crippen molar-refractivity contribution in [2.45, 2.75) is 51.5 Å². The van der Waals surface area contributed by atoms with Crippen LogP contribution in [0.5, 0.6) is 5.75 Å². The molecule has 0 bridgehead atoms. The van der Waals surface area contributed by atoms with Crippen LogP contribution >= 0.6 is 0 Å². The number of hydrogen-bond donors (Lipinski definition) is 1. The molecule has 0 unspecified atom stereocenters. The number of rotatable bonds is 6. The Balaban J connectivity index is 1.53. The Labute approximate surface area is 179 Å². The van der Waals surface area contributed by atoms with E-state index in [2.05, 4.69) is 4.72 Å². The molecule has 0 radical (unpaired) electrons. The number of nitrogens with one attached hydrogen (secondary N) is 1. The molecule has 2 aromatic carbocycles. The molecular weight excluding hydrogens is 400 g/mol. The minimum Gasteiger partial charge on any atom is -0.483 e. The van der Waals surface area contributed by atoms with Gasteiger partial charge in [-0.2, -0.15) is 0 Å². The lowest BCUT2D eigenvalue weighted by molar-refractivity contribution is -0.134. The first-order valence-corrected chi connectivity index (χ1v) is 11.7. The molecule has 30 heavy (non-hydrogen) atoms. The van der Waals surface area contributed by atoms with Gasteiger partial charge in [0.2, 0.25) is 10.0 Å². The van der Waals surface area contributed by atoms with Crippen LogP contribution in [0.2, 0.25) is 0 Å². The van der Waals surface area contributed by atoms with Crippen molar-refractivity contribution < 1.29 is 17.9 Å². The zero-order valence-electron chi connectivity index (χ0n) is 18.1. The van der Waals surface area contributed by atoms with E-state index in [9.17, 15) is 13.2 Å². The zero-order chi connectivity index (χ0) is 21.9. The predicted octanol–water partition coefficient (Wildman–Crippen LogP) is 3.27. The summed E-state index contributed by atoms with van der Waals surface area (Å²) in [7, 11) is -3.58. The molecule has 7 heteroatoms. The first-order valence-electron chi connectivity index (χ1n) is 10.2. The second-order valence-electron chi connectivity index (χ2n) is 8.03. The fourth-order valence-electron chi connectivity index (χ4n) is 3.74. The first-order chi connectivity index (χ1) is 14.2. The lowest BCUT2D eigenvalue weighted by Crippen LogP contribution is -2.47. The smallest absolute Gasteiger partial charge is 0.260 e. The summed E-state index contributed by atoms with van der Waals surface area (Å²) >= 11 is 0. The van der Waals surface area contributed by atoms with Gasteiger partial charge in [0, 0.05) is 19.1 Å². The van der Waals surface area contributed by atoms with Crippen molar-refractivity contribution in [2.24, 2.45) is 0 Å². The van der Waals surface area contributed by atoms with E-state index in [1.807, 2.05) is 45.0 Å². The van der Waals surface area contributed by atoms with Crippen LogP contribution in [0.15, 0.2) is 41.3 Å². The molecule has 1 heterocycles. The molecule has 0 saturated carbocycles. The molecule has 2 aromatic rings. The van der Waals surface area contributed by atoms with Crippen molar-refractivity contribution in [1.29, 1.82) is 0 Å². The van der Waals surface area contributed by atoms with Crippen LogP contribution in [-0.2, 0) is 14.8 Å². The summed E-state index contributed by atoms with van der Waals surface area (Å²) in [5.74, 6) is 0.644. The highest BCUT2D eigenvalue weighted by atomic mass is 32.2. The SMILES string of the molecule is Cc1ccc(S(=O)(=O)NC2CCN(C(=O)COc3cccc(C)c3C)CC2)c(C)c1. The van der Waals surface area contributed by atoms with Gasteiger partial charge in [0.05, 0.1) is 4.90 Å². The third-order valence-electron chi connectivity index (χ3n) is 5.70. The van der Waals surface area contributed by atoms with Gasteiger partial charge in [-0.1, -0.05) is 29.8 Å². The first kappa shape index (κ1) is 22.3. The Morgan fingerprint density at radius 2 is 1.77 bits per heavy atom. The van der Waals surface area contributed by atoms with Crippen LogP contribution in [0.3, 0.4) is 0 Å². The van der Waals surface area contributed by atoms with Crippen LogP contribution in [-0.4, -0.2) is 45.0 Å². The maximum absolute atomic E-state index is 12.8. The van der Waals surface area contributed by atoms with Gasteiger partial charge < -0.3 is 9.64 Å². The van der Waals surface area contributed by atoms with Crippen molar-refractivity contribution in [3.8, 4) is 5.75 Å². The van der Waals surface area contributed by atoms with Crippen molar-refractivity contribution in [1.82, 2.24) is 9.62 Å². The third-order valence-corrected chi connectivity index (χ3v) is 7.38.